The summed E-state index contributed by atoms with van der Waals surface area (Å²) in [4.78, 5) is 27.3. The smallest absolute Gasteiger partial charge is 0.366 e. The number of rotatable bonds is 3. The number of hydrogen-bond donors (Lipinski definition) is 1. The fourth-order valence-corrected chi connectivity index (χ4v) is 2.96. The molecule has 8 heteroatoms. The fraction of sp³-hybridized carbons (Fsp3) is 0.263. The third kappa shape index (κ3) is 4.39. The first-order valence-corrected chi connectivity index (χ1v) is 8.43. The van der Waals surface area contributed by atoms with Crippen LogP contribution in [-0.2, 0) is 4.79 Å². The summed E-state index contributed by atoms with van der Waals surface area (Å²) in [6, 6.07) is 15.3. The van der Waals surface area contributed by atoms with E-state index in [1.165, 1.54) is 6.07 Å². The Kier molecular flexibility index (Phi) is 5.34. The first kappa shape index (κ1) is 18.8. The minimum absolute atomic E-state index is 0.0751. The number of nitrogens with zero attached hydrogens (tertiary/aromatic N) is 2. The van der Waals surface area contributed by atoms with Crippen molar-refractivity contribution in [1.29, 1.82) is 0 Å². The standard InChI is InChI=1S/C19H18F3N3O2/c20-19(21,22)18(27)23-15-8-4-5-9-16(15)24-10-12-25(13-11-24)17(26)14-6-2-1-3-7-14/h1-9H,10-13H2,(H,23,27). The van der Waals surface area contributed by atoms with Gasteiger partial charge in [0.2, 0.25) is 0 Å². The number of para-hydroxylation sites is 2. The van der Waals surface area contributed by atoms with Crippen LogP contribution in [0.2, 0.25) is 0 Å². The van der Waals surface area contributed by atoms with Gasteiger partial charge in [-0.2, -0.15) is 13.2 Å². The van der Waals surface area contributed by atoms with Crippen LogP contribution in [0.4, 0.5) is 24.5 Å². The lowest BCUT2D eigenvalue weighted by Crippen LogP contribution is -2.49. The van der Waals surface area contributed by atoms with E-state index in [-0.39, 0.29) is 11.6 Å². The molecule has 2 aromatic carbocycles. The number of amides is 2. The van der Waals surface area contributed by atoms with Crippen molar-refractivity contribution < 1.29 is 22.8 Å². The van der Waals surface area contributed by atoms with Crippen molar-refractivity contribution in [3.8, 4) is 0 Å². The number of halogens is 3. The Hall–Kier alpha value is -3.03. The highest BCUT2D eigenvalue weighted by molar-refractivity contribution is 5.98. The molecule has 0 bridgehead atoms. The lowest BCUT2D eigenvalue weighted by atomic mass is 10.1. The zero-order chi connectivity index (χ0) is 19.4. The van der Waals surface area contributed by atoms with E-state index in [0.717, 1.165) is 0 Å². The average Bonchev–Trinajstić information content (AvgIpc) is 2.68. The molecule has 1 fully saturated rings. The first-order valence-electron chi connectivity index (χ1n) is 8.43. The van der Waals surface area contributed by atoms with Crippen LogP contribution in [0.25, 0.3) is 0 Å². The normalized spacial score (nSPS) is 14.8. The maximum atomic E-state index is 12.5. The van der Waals surface area contributed by atoms with Crippen LogP contribution in [-0.4, -0.2) is 49.1 Å². The number of piperazine rings is 1. The predicted molar refractivity (Wildman–Crippen MR) is 95.7 cm³/mol. The van der Waals surface area contributed by atoms with Gasteiger partial charge in [0.25, 0.3) is 5.91 Å². The van der Waals surface area contributed by atoms with Crippen LogP contribution in [0, 0.1) is 0 Å². The van der Waals surface area contributed by atoms with Gasteiger partial charge in [0.15, 0.2) is 0 Å². The van der Waals surface area contributed by atoms with Gasteiger partial charge >= 0.3 is 12.1 Å². The minimum atomic E-state index is -4.95. The molecule has 5 nitrogen and oxygen atoms in total. The Morgan fingerprint density at radius 2 is 1.44 bits per heavy atom. The highest BCUT2D eigenvalue weighted by atomic mass is 19.4. The molecule has 0 radical (unpaired) electrons. The van der Waals surface area contributed by atoms with E-state index in [9.17, 15) is 22.8 Å². The molecule has 27 heavy (non-hydrogen) atoms. The summed E-state index contributed by atoms with van der Waals surface area (Å²) in [5.41, 5.74) is 1.20. The summed E-state index contributed by atoms with van der Waals surface area (Å²) < 4.78 is 37.6. The molecule has 0 aromatic heterocycles. The van der Waals surface area contributed by atoms with E-state index < -0.39 is 12.1 Å². The maximum Gasteiger partial charge on any atom is 0.471 e. The number of alkyl halides is 3. The molecule has 0 spiro atoms. The van der Waals surface area contributed by atoms with Gasteiger partial charge < -0.3 is 15.1 Å². The van der Waals surface area contributed by atoms with Crippen molar-refractivity contribution in [1.82, 2.24) is 4.90 Å². The number of nitrogens with one attached hydrogen (secondary N) is 1. The van der Waals surface area contributed by atoms with Gasteiger partial charge in [0.1, 0.15) is 0 Å². The molecule has 1 N–H and O–H groups in total. The summed E-state index contributed by atoms with van der Waals surface area (Å²) in [6.45, 7) is 1.79. The van der Waals surface area contributed by atoms with Crippen LogP contribution in [0.15, 0.2) is 54.6 Å². The molecule has 3 rings (SSSR count). The molecule has 1 aliphatic heterocycles. The Morgan fingerprint density at radius 1 is 0.852 bits per heavy atom. The number of hydrogen-bond acceptors (Lipinski definition) is 3. The van der Waals surface area contributed by atoms with Crippen molar-refractivity contribution in [3.63, 3.8) is 0 Å². The summed E-state index contributed by atoms with van der Waals surface area (Å²) in [6.07, 6.45) is -4.95. The SMILES string of the molecule is O=C(c1ccccc1)N1CCN(c2ccccc2NC(=O)C(F)(F)F)CC1. The van der Waals surface area contributed by atoms with Crippen LogP contribution in [0.1, 0.15) is 10.4 Å². The van der Waals surface area contributed by atoms with Crippen LogP contribution in [0.5, 0.6) is 0 Å². The molecule has 0 atom stereocenters. The zero-order valence-electron chi connectivity index (χ0n) is 14.4. The van der Waals surface area contributed by atoms with Crippen molar-refractivity contribution in [3.05, 3.63) is 60.2 Å². The molecule has 2 aromatic rings. The summed E-state index contributed by atoms with van der Waals surface area (Å²) in [7, 11) is 0. The number of anilines is 2. The van der Waals surface area contributed by atoms with Gasteiger partial charge in [-0.15, -0.1) is 0 Å². The summed E-state index contributed by atoms with van der Waals surface area (Å²) >= 11 is 0. The number of benzene rings is 2. The van der Waals surface area contributed by atoms with E-state index in [0.29, 0.717) is 37.4 Å². The van der Waals surface area contributed by atoms with Crippen molar-refractivity contribution >= 4 is 23.2 Å². The highest BCUT2D eigenvalue weighted by Crippen LogP contribution is 2.28. The first-order chi connectivity index (χ1) is 12.9. The largest absolute Gasteiger partial charge is 0.471 e. The maximum absolute atomic E-state index is 12.5. The Bertz CT molecular complexity index is 816. The summed E-state index contributed by atoms with van der Waals surface area (Å²) in [5.74, 6) is -2.08. The van der Waals surface area contributed by atoms with Crippen LogP contribution < -0.4 is 10.2 Å². The monoisotopic (exact) mass is 377 g/mol. The molecule has 1 aliphatic rings. The van der Waals surface area contributed by atoms with Gasteiger partial charge in [-0.1, -0.05) is 30.3 Å². The topological polar surface area (TPSA) is 52.7 Å². The Balaban J connectivity index is 1.68. The summed E-state index contributed by atoms with van der Waals surface area (Å²) in [5, 5.41) is 1.92. The van der Waals surface area contributed by atoms with Gasteiger partial charge in [-0.3, -0.25) is 9.59 Å². The highest BCUT2D eigenvalue weighted by Gasteiger charge is 2.39. The van der Waals surface area contributed by atoms with Crippen molar-refractivity contribution in [2.75, 3.05) is 36.4 Å². The molecule has 1 saturated heterocycles. The molecule has 2 amide bonds. The van der Waals surface area contributed by atoms with Crippen molar-refractivity contribution in [2.45, 2.75) is 6.18 Å². The zero-order valence-corrected chi connectivity index (χ0v) is 14.4. The molecule has 142 valence electrons. The van der Waals surface area contributed by atoms with Crippen LogP contribution >= 0.6 is 0 Å². The predicted octanol–water partition coefficient (Wildman–Crippen LogP) is 3.15. The van der Waals surface area contributed by atoms with Crippen molar-refractivity contribution in [2.24, 2.45) is 0 Å². The molecule has 0 aliphatic carbocycles. The van der Waals surface area contributed by atoms with E-state index in [1.54, 1.807) is 47.4 Å². The molecular formula is C19H18F3N3O2. The second-order valence-corrected chi connectivity index (χ2v) is 6.11. The number of carbonyl (C=O) groups is 2. The third-order valence-corrected chi connectivity index (χ3v) is 4.34. The molecule has 1 heterocycles. The van der Waals surface area contributed by atoms with Crippen LogP contribution in [0.3, 0.4) is 0 Å². The van der Waals surface area contributed by atoms with E-state index >= 15 is 0 Å². The molecule has 0 unspecified atom stereocenters. The number of carbonyl (C=O) groups excluding carboxylic acids is 2. The van der Waals surface area contributed by atoms with Gasteiger partial charge in [-0.25, -0.2) is 0 Å². The minimum Gasteiger partial charge on any atom is -0.366 e. The van der Waals surface area contributed by atoms with E-state index in [4.69, 9.17) is 0 Å². The van der Waals surface area contributed by atoms with Gasteiger partial charge in [0.05, 0.1) is 11.4 Å². The lowest BCUT2D eigenvalue weighted by Gasteiger charge is -2.37. The lowest BCUT2D eigenvalue weighted by molar-refractivity contribution is -0.167. The fourth-order valence-electron chi connectivity index (χ4n) is 2.96. The molecular weight excluding hydrogens is 359 g/mol. The molecule has 0 saturated carbocycles. The third-order valence-electron chi connectivity index (χ3n) is 4.34. The second kappa shape index (κ2) is 7.69. The van der Waals surface area contributed by atoms with E-state index in [1.807, 2.05) is 16.3 Å². The van der Waals surface area contributed by atoms with Gasteiger partial charge in [0, 0.05) is 31.7 Å². The second-order valence-electron chi connectivity index (χ2n) is 6.11. The Labute approximate surface area is 154 Å². The van der Waals surface area contributed by atoms with Gasteiger partial charge in [-0.05, 0) is 24.3 Å². The Morgan fingerprint density at radius 3 is 2.07 bits per heavy atom. The average molecular weight is 377 g/mol. The van der Waals surface area contributed by atoms with E-state index in [2.05, 4.69) is 0 Å². The quantitative estimate of drug-likeness (QED) is 0.894.